The maximum Gasteiger partial charge on any atom is 0.237 e. The summed E-state index contributed by atoms with van der Waals surface area (Å²) in [4.78, 5) is 26.2. The third-order valence-corrected chi connectivity index (χ3v) is 5.58. The Morgan fingerprint density at radius 1 is 1.04 bits per heavy atom. The number of ether oxygens (including phenoxy) is 1. The van der Waals surface area contributed by atoms with Gasteiger partial charge in [-0.05, 0) is 50.2 Å². The number of rotatable bonds is 9. The Bertz CT molecular complexity index is 628. The molecule has 7 nitrogen and oxygen atoms in total. The molecule has 27 heavy (non-hydrogen) atoms. The number of benzene rings is 1. The Balaban J connectivity index is 1.63. The molecule has 2 amide bonds. The third kappa shape index (κ3) is 8.53. The zero-order valence-electron chi connectivity index (χ0n) is 15.9. The van der Waals surface area contributed by atoms with Crippen molar-refractivity contribution in [2.45, 2.75) is 25.7 Å². The molecule has 1 aliphatic heterocycles. The second-order valence-corrected chi connectivity index (χ2v) is 8.07. The van der Waals surface area contributed by atoms with Gasteiger partial charge in [-0.2, -0.15) is 0 Å². The molecule has 1 atom stereocenters. The minimum Gasteiger partial charge on any atom is -0.497 e. The van der Waals surface area contributed by atoms with E-state index in [0.29, 0.717) is 18.0 Å². The van der Waals surface area contributed by atoms with Crippen LogP contribution in [0.15, 0.2) is 24.3 Å². The van der Waals surface area contributed by atoms with E-state index in [-0.39, 0.29) is 23.3 Å². The van der Waals surface area contributed by atoms with E-state index in [1.807, 2.05) is 0 Å². The van der Waals surface area contributed by atoms with Gasteiger partial charge in [0.1, 0.15) is 17.3 Å². The van der Waals surface area contributed by atoms with E-state index in [2.05, 4.69) is 15.5 Å². The lowest BCUT2D eigenvalue weighted by Gasteiger charge is -2.19. The molecule has 0 unspecified atom stereocenters. The van der Waals surface area contributed by atoms with Crippen molar-refractivity contribution in [2.75, 3.05) is 50.1 Å². The molecule has 1 aliphatic rings. The molecule has 1 fully saturated rings. The third-order valence-electron chi connectivity index (χ3n) is 4.41. The number of carbonyl (C=O) groups is 2. The molecule has 1 aromatic carbocycles. The van der Waals surface area contributed by atoms with Gasteiger partial charge in [0.2, 0.25) is 11.8 Å². The van der Waals surface area contributed by atoms with Gasteiger partial charge >= 0.3 is 0 Å². The number of likely N-dealkylation sites (tertiary alicyclic amines) is 1. The largest absolute Gasteiger partial charge is 0.497 e. The van der Waals surface area contributed by atoms with Crippen LogP contribution in [0.2, 0.25) is 0 Å². The summed E-state index contributed by atoms with van der Waals surface area (Å²) in [7, 11) is 0.0320. The molecule has 1 heterocycles. The highest BCUT2D eigenvalue weighted by Gasteiger charge is 2.13. The zero-order chi connectivity index (χ0) is 19.5. The normalized spacial score (nSPS) is 16.2. The molecule has 0 aliphatic carbocycles. The van der Waals surface area contributed by atoms with Crippen LogP contribution in [0.1, 0.15) is 25.7 Å². The van der Waals surface area contributed by atoms with Crippen molar-refractivity contribution in [2.24, 2.45) is 0 Å². The molecular weight excluding hydrogens is 366 g/mol. The van der Waals surface area contributed by atoms with E-state index < -0.39 is 10.8 Å². The Labute approximate surface area is 163 Å². The van der Waals surface area contributed by atoms with Gasteiger partial charge in [-0.3, -0.25) is 13.8 Å². The summed E-state index contributed by atoms with van der Waals surface area (Å²) in [5.41, 5.74) is 0.597. The van der Waals surface area contributed by atoms with Gasteiger partial charge in [-0.25, -0.2) is 0 Å². The first-order valence-electron chi connectivity index (χ1n) is 9.35. The van der Waals surface area contributed by atoms with Gasteiger partial charge in [-0.15, -0.1) is 0 Å². The van der Waals surface area contributed by atoms with Gasteiger partial charge in [0.05, 0.1) is 7.11 Å². The highest BCUT2D eigenvalue weighted by Crippen LogP contribution is 2.14. The first kappa shape index (κ1) is 21.4. The Morgan fingerprint density at radius 2 is 1.67 bits per heavy atom. The molecule has 0 saturated carbocycles. The van der Waals surface area contributed by atoms with Crippen molar-refractivity contribution >= 4 is 28.3 Å². The smallest absolute Gasteiger partial charge is 0.237 e. The molecule has 1 saturated heterocycles. The van der Waals surface area contributed by atoms with Crippen molar-refractivity contribution < 1.29 is 18.5 Å². The Morgan fingerprint density at radius 3 is 2.30 bits per heavy atom. The van der Waals surface area contributed by atoms with Crippen molar-refractivity contribution in [1.82, 2.24) is 10.2 Å². The summed E-state index contributed by atoms with van der Waals surface area (Å²) >= 11 is 0. The highest BCUT2D eigenvalue weighted by molar-refractivity contribution is 7.86. The van der Waals surface area contributed by atoms with E-state index in [1.54, 1.807) is 31.4 Å². The number of anilines is 1. The summed E-state index contributed by atoms with van der Waals surface area (Å²) < 4.78 is 17.1. The Kier molecular flexibility index (Phi) is 9.27. The number of amides is 2. The van der Waals surface area contributed by atoms with Crippen molar-refractivity contribution in [1.29, 1.82) is 0 Å². The molecule has 2 rings (SSSR count). The zero-order valence-corrected chi connectivity index (χ0v) is 16.7. The van der Waals surface area contributed by atoms with Crippen LogP contribution < -0.4 is 15.4 Å². The number of carbonyl (C=O) groups excluding carboxylic acids is 2. The number of nitrogens with one attached hydrogen (secondary N) is 2. The second kappa shape index (κ2) is 11.7. The number of hydrogen-bond acceptors (Lipinski definition) is 5. The van der Waals surface area contributed by atoms with Gasteiger partial charge in [-0.1, -0.05) is 12.8 Å². The predicted molar refractivity (Wildman–Crippen MR) is 107 cm³/mol. The lowest BCUT2D eigenvalue weighted by Crippen LogP contribution is -2.37. The van der Waals surface area contributed by atoms with Crippen LogP contribution in [0.5, 0.6) is 5.75 Å². The standard InChI is InChI=1S/C19H29N3O4S/c1-26-17-8-6-16(7-9-17)21-19(24)15-27(25)14-18(23)20-10-13-22-11-4-2-3-5-12-22/h6-9H,2-5,10-15H2,1H3,(H,20,23)(H,21,24)/t27-/m0/s1. The van der Waals surface area contributed by atoms with Crippen LogP contribution in [-0.4, -0.2) is 65.7 Å². The summed E-state index contributed by atoms with van der Waals surface area (Å²) in [6, 6.07) is 6.86. The van der Waals surface area contributed by atoms with E-state index in [9.17, 15) is 13.8 Å². The van der Waals surface area contributed by atoms with Crippen LogP contribution in [0.4, 0.5) is 5.69 Å². The average molecular weight is 396 g/mol. The van der Waals surface area contributed by atoms with Crippen molar-refractivity contribution in [3.63, 3.8) is 0 Å². The molecule has 1 aromatic rings. The van der Waals surface area contributed by atoms with Crippen LogP contribution in [-0.2, 0) is 20.4 Å². The van der Waals surface area contributed by atoms with Crippen LogP contribution in [0.25, 0.3) is 0 Å². The lowest BCUT2D eigenvalue weighted by molar-refractivity contribution is -0.118. The SMILES string of the molecule is COc1ccc(NC(=O)C[S@@](=O)CC(=O)NCCN2CCCCCC2)cc1. The number of nitrogens with zero attached hydrogens (tertiary/aromatic N) is 1. The van der Waals surface area contributed by atoms with Crippen LogP contribution in [0, 0.1) is 0 Å². The van der Waals surface area contributed by atoms with Crippen LogP contribution >= 0.6 is 0 Å². The Hall–Kier alpha value is -1.93. The molecular formula is C19H29N3O4S. The van der Waals surface area contributed by atoms with E-state index in [4.69, 9.17) is 4.74 Å². The fourth-order valence-corrected chi connectivity index (χ4v) is 3.84. The summed E-state index contributed by atoms with van der Waals surface area (Å²) in [6.45, 7) is 3.52. The minimum absolute atomic E-state index is 0.157. The average Bonchev–Trinajstić information content (AvgIpc) is 2.91. The summed E-state index contributed by atoms with van der Waals surface area (Å²) in [6.07, 6.45) is 4.98. The molecule has 2 N–H and O–H groups in total. The van der Waals surface area contributed by atoms with Gasteiger partial charge in [0.25, 0.3) is 0 Å². The fourth-order valence-electron chi connectivity index (χ4n) is 2.98. The van der Waals surface area contributed by atoms with E-state index in [1.165, 1.54) is 25.7 Å². The maximum atomic E-state index is 12.0. The molecule has 150 valence electrons. The highest BCUT2D eigenvalue weighted by atomic mass is 32.2. The second-order valence-electron chi connectivity index (χ2n) is 6.61. The first-order valence-corrected chi connectivity index (χ1v) is 10.8. The summed E-state index contributed by atoms with van der Waals surface area (Å²) in [5.74, 6) is -0.327. The fraction of sp³-hybridized carbons (Fsp3) is 0.579. The monoisotopic (exact) mass is 395 g/mol. The predicted octanol–water partition coefficient (Wildman–Crippen LogP) is 1.37. The van der Waals surface area contributed by atoms with Gasteiger partial charge in [0.15, 0.2) is 0 Å². The lowest BCUT2D eigenvalue weighted by atomic mass is 10.2. The number of methoxy groups -OCH3 is 1. The molecule has 8 heteroatoms. The van der Waals surface area contributed by atoms with Gasteiger partial charge < -0.3 is 20.3 Å². The summed E-state index contributed by atoms with van der Waals surface area (Å²) in [5, 5.41) is 5.46. The molecule has 0 spiro atoms. The van der Waals surface area contributed by atoms with Crippen molar-refractivity contribution in [3.8, 4) is 5.75 Å². The van der Waals surface area contributed by atoms with Crippen molar-refractivity contribution in [3.05, 3.63) is 24.3 Å². The van der Waals surface area contributed by atoms with E-state index in [0.717, 1.165) is 19.6 Å². The van der Waals surface area contributed by atoms with Gasteiger partial charge in [0, 0.05) is 29.6 Å². The quantitative estimate of drug-likeness (QED) is 0.659. The first-order chi connectivity index (χ1) is 13.1. The van der Waals surface area contributed by atoms with Crippen LogP contribution in [0.3, 0.4) is 0 Å². The van der Waals surface area contributed by atoms with E-state index >= 15 is 0 Å². The molecule has 0 aromatic heterocycles. The number of hydrogen-bond donors (Lipinski definition) is 2. The minimum atomic E-state index is -1.53. The molecule has 0 bridgehead atoms. The topological polar surface area (TPSA) is 87.7 Å². The maximum absolute atomic E-state index is 12.0. The molecule has 0 radical (unpaired) electrons.